The standard InChI is InChI=1S/C13H10BrFN2O2/c14-10-1-4-12(5-2-10)16-8-9-7-11(15)3-6-13(9)17(18)19/h1-7,16H,8H2. The number of nitrogens with zero attached hydrogens (tertiary/aromatic N) is 1. The van der Waals surface area contributed by atoms with Crippen LogP contribution in [0.5, 0.6) is 0 Å². The van der Waals surface area contributed by atoms with Gasteiger partial charge < -0.3 is 5.32 Å². The van der Waals surface area contributed by atoms with Crippen molar-refractivity contribution in [3.8, 4) is 0 Å². The summed E-state index contributed by atoms with van der Waals surface area (Å²) in [6.07, 6.45) is 0. The summed E-state index contributed by atoms with van der Waals surface area (Å²) in [7, 11) is 0. The molecule has 0 bridgehead atoms. The van der Waals surface area contributed by atoms with Crippen molar-refractivity contribution < 1.29 is 9.31 Å². The third-order valence-corrected chi connectivity index (χ3v) is 3.09. The smallest absolute Gasteiger partial charge is 0.274 e. The summed E-state index contributed by atoms with van der Waals surface area (Å²) < 4.78 is 14.1. The Balaban J connectivity index is 2.16. The maximum absolute atomic E-state index is 13.1. The van der Waals surface area contributed by atoms with Gasteiger partial charge in [0.15, 0.2) is 0 Å². The lowest BCUT2D eigenvalue weighted by atomic mass is 10.1. The largest absolute Gasteiger partial charge is 0.381 e. The van der Waals surface area contributed by atoms with Gasteiger partial charge in [-0.15, -0.1) is 0 Å². The summed E-state index contributed by atoms with van der Waals surface area (Å²) in [5, 5.41) is 13.9. The van der Waals surface area contributed by atoms with E-state index in [1.807, 2.05) is 24.3 Å². The van der Waals surface area contributed by atoms with Crippen LogP contribution < -0.4 is 5.32 Å². The molecule has 2 rings (SSSR count). The van der Waals surface area contributed by atoms with Gasteiger partial charge in [0.25, 0.3) is 5.69 Å². The molecule has 6 heteroatoms. The second-order valence-corrected chi connectivity index (χ2v) is 4.81. The second-order valence-electron chi connectivity index (χ2n) is 3.89. The van der Waals surface area contributed by atoms with Crippen LogP contribution in [0.2, 0.25) is 0 Å². The third-order valence-electron chi connectivity index (χ3n) is 2.57. The Morgan fingerprint density at radius 3 is 2.53 bits per heavy atom. The van der Waals surface area contributed by atoms with E-state index < -0.39 is 10.7 Å². The molecule has 0 spiro atoms. The highest BCUT2D eigenvalue weighted by molar-refractivity contribution is 9.10. The molecular weight excluding hydrogens is 315 g/mol. The molecule has 0 aliphatic carbocycles. The molecule has 19 heavy (non-hydrogen) atoms. The van der Waals surface area contributed by atoms with Gasteiger partial charge in [0, 0.05) is 22.8 Å². The Morgan fingerprint density at radius 2 is 1.89 bits per heavy atom. The van der Waals surface area contributed by atoms with Crippen molar-refractivity contribution in [3.63, 3.8) is 0 Å². The van der Waals surface area contributed by atoms with E-state index >= 15 is 0 Å². The highest BCUT2D eigenvalue weighted by Crippen LogP contribution is 2.21. The first-order chi connectivity index (χ1) is 9.06. The average Bonchev–Trinajstić information content (AvgIpc) is 2.38. The number of nitro groups is 1. The molecule has 4 nitrogen and oxygen atoms in total. The van der Waals surface area contributed by atoms with Gasteiger partial charge in [-0.1, -0.05) is 15.9 Å². The molecule has 2 aromatic carbocycles. The fourth-order valence-electron chi connectivity index (χ4n) is 1.64. The molecule has 2 aromatic rings. The quantitative estimate of drug-likeness (QED) is 0.680. The molecule has 0 unspecified atom stereocenters. The van der Waals surface area contributed by atoms with Crippen molar-refractivity contribution in [1.82, 2.24) is 0 Å². The minimum Gasteiger partial charge on any atom is -0.381 e. The molecule has 0 heterocycles. The average molecular weight is 325 g/mol. The minimum atomic E-state index is -0.516. The first-order valence-electron chi connectivity index (χ1n) is 5.48. The van der Waals surface area contributed by atoms with Gasteiger partial charge in [-0.3, -0.25) is 10.1 Å². The van der Waals surface area contributed by atoms with E-state index in [2.05, 4.69) is 21.2 Å². The second kappa shape index (κ2) is 5.79. The van der Waals surface area contributed by atoms with Gasteiger partial charge in [-0.2, -0.15) is 0 Å². The predicted octanol–water partition coefficient (Wildman–Crippen LogP) is 4.11. The fraction of sp³-hybridized carbons (Fsp3) is 0.0769. The van der Waals surface area contributed by atoms with Crippen LogP contribution in [0.3, 0.4) is 0 Å². The lowest BCUT2D eigenvalue weighted by Crippen LogP contribution is -2.03. The first kappa shape index (κ1) is 13.5. The first-order valence-corrected chi connectivity index (χ1v) is 6.28. The number of anilines is 1. The number of nitrogens with one attached hydrogen (secondary N) is 1. The Labute approximate surface area is 117 Å². The molecular formula is C13H10BrFN2O2. The summed E-state index contributed by atoms with van der Waals surface area (Å²) in [4.78, 5) is 10.3. The number of halogens is 2. The van der Waals surface area contributed by atoms with Crippen molar-refractivity contribution >= 4 is 27.3 Å². The van der Waals surface area contributed by atoms with Crippen LogP contribution in [-0.4, -0.2) is 4.92 Å². The lowest BCUT2D eigenvalue weighted by Gasteiger charge is -2.07. The molecule has 0 saturated heterocycles. The van der Waals surface area contributed by atoms with Crippen molar-refractivity contribution in [1.29, 1.82) is 0 Å². The van der Waals surface area contributed by atoms with E-state index in [9.17, 15) is 14.5 Å². The van der Waals surface area contributed by atoms with Crippen LogP contribution in [0.4, 0.5) is 15.8 Å². The van der Waals surface area contributed by atoms with Crippen LogP contribution in [-0.2, 0) is 6.54 Å². The van der Waals surface area contributed by atoms with E-state index in [1.165, 1.54) is 12.1 Å². The topological polar surface area (TPSA) is 55.2 Å². The van der Waals surface area contributed by atoms with Gasteiger partial charge in [0.05, 0.1) is 10.5 Å². The van der Waals surface area contributed by atoms with Gasteiger partial charge in [-0.05, 0) is 36.4 Å². The van der Waals surface area contributed by atoms with Crippen LogP contribution >= 0.6 is 15.9 Å². The Hall–Kier alpha value is -1.95. The Morgan fingerprint density at radius 1 is 1.21 bits per heavy atom. The molecule has 0 saturated carbocycles. The molecule has 98 valence electrons. The fourth-order valence-corrected chi connectivity index (χ4v) is 1.90. The van der Waals surface area contributed by atoms with Gasteiger partial charge in [-0.25, -0.2) is 4.39 Å². The van der Waals surface area contributed by atoms with Crippen LogP contribution in [0.15, 0.2) is 46.9 Å². The predicted molar refractivity (Wildman–Crippen MR) is 74.5 cm³/mol. The van der Waals surface area contributed by atoms with Crippen molar-refractivity contribution in [2.45, 2.75) is 6.54 Å². The summed E-state index contributed by atoms with van der Waals surface area (Å²) in [6.45, 7) is 0.190. The Bertz CT molecular complexity index is 602. The lowest BCUT2D eigenvalue weighted by molar-refractivity contribution is -0.385. The highest BCUT2D eigenvalue weighted by Gasteiger charge is 2.13. The van der Waals surface area contributed by atoms with Crippen molar-refractivity contribution in [3.05, 3.63) is 68.4 Å². The molecule has 0 amide bonds. The van der Waals surface area contributed by atoms with Crippen molar-refractivity contribution in [2.75, 3.05) is 5.32 Å². The van der Waals surface area contributed by atoms with Gasteiger partial charge in [0.2, 0.25) is 0 Å². The van der Waals surface area contributed by atoms with Gasteiger partial charge >= 0.3 is 0 Å². The van der Waals surface area contributed by atoms with E-state index in [-0.39, 0.29) is 12.2 Å². The number of nitro benzene ring substituents is 1. The summed E-state index contributed by atoms with van der Waals surface area (Å²) >= 11 is 3.31. The van der Waals surface area contributed by atoms with E-state index in [4.69, 9.17) is 0 Å². The van der Waals surface area contributed by atoms with Crippen molar-refractivity contribution in [2.24, 2.45) is 0 Å². The molecule has 0 fully saturated rings. The normalized spacial score (nSPS) is 10.2. The summed E-state index contributed by atoms with van der Waals surface area (Å²) in [6, 6.07) is 10.8. The monoisotopic (exact) mass is 324 g/mol. The van der Waals surface area contributed by atoms with E-state index in [0.717, 1.165) is 16.2 Å². The zero-order chi connectivity index (χ0) is 13.8. The van der Waals surface area contributed by atoms with Gasteiger partial charge in [0.1, 0.15) is 5.82 Å². The molecule has 0 aromatic heterocycles. The summed E-state index contributed by atoms with van der Waals surface area (Å²) in [5.41, 5.74) is 1.03. The number of hydrogen-bond donors (Lipinski definition) is 1. The maximum atomic E-state index is 13.1. The third kappa shape index (κ3) is 3.51. The number of hydrogen-bond acceptors (Lipinski definition) is 3. The number of benzene rings is 2. The van der Waals surface area contributed by atoms with Crippen LogP contribution in [0.1, 0.15) is 5.56 Å². The van der Waals surface area contributed by atoms with E-state index in [0.29, 0.717) is 5.56 Å². The molecule has 0 aliphatic heterocycles. The molecule has 0 radical (unpaired) electrons. The zero-order valence-corrected chi connectivity index (χ0v) is 11.4. The van der Waals surface area contributed by atoms with Crippen LogP contribution in [0.25, 0.3) is 0 Å². The minimum absolute atomic E-state index is 0.0917. The SMILES string of the molecule is O=[N+]([O-])c1ccc(F)cc1CNc1ccc(Br)cc1. The molecule has 0 aliphatic rings. The molecule has 0 atom stereocenters. The summed E-state index contributed by atoms with van der Waals surface area (Å²) in [5.74, 6) is -0.488. The maximum Gasteiger partial charge on any atom is 0.274 e. The number of rotatable bonds is 4. The molecule has 1 N–H and O–H groups in total. The Kier molecular flexibility index (Phi) is 4.11. The van der Waals surface area contributed by atoms with Crippen LogP contribution in [0, 0.1) is 15.9 Å². The zero-order valence-electron chi connectivity index (χ0n) is 9.77. The highest BCUT2D eigenvalue weighted by atomic mass is 79.9. The van der Waals surface area contributed by atoms with E-state index in [1.54, 1.807) is 0 Å².